The molecule has 4 rings (SSSR count). The van der Waals surface area contributed by atoms with E-state index in [0.717, 1.165) is 0 Å². The third kappa shape index (κ3) is 4.20. The molecule has 7 nitrogen and oxygen atoms in total. The minimum atomic E-state index is -0.784. The van der Waals surface area contributed by atoms with Crippen LogP contribution in [0, 0.1) is 12.7 Å². The molecular weight excluding hydrogens is 431 g/mol. The molecule has 2 amide bonds. The fourth-order valence-corrected chi connectivity index (χ4v) is 4.85. The number of carbonyl (C=O) groups excluding carboxylic acids is 2. The molecule has 1 saturated heterocycles. The Bertz CT molecular complexity index is 1220. The number of hydrogen-bond acceptors (Lipinski definition) is 4. The molecule has 9 heteroatoms. The molecule has 2 heterocycles. The fourth-order valence-electron chi connectivity index (χ4n) is 3.67. The molecule has 2 atom stereocenters. The summed E-state index contributed by atoms with van der Waals surface area (Å²) < 4.78 is 17.1. The molecule has 2 N–H and O–H groups in total. The predicted octanol–water partition coefficient (Wildman–Crippen LogP) is 2.40. The van der Waals surface area contributed by atoms with Crippen molar-refractivity contribution in [2.75, 3.05) is 11.1 Å². The van der Waals surface area contributed by atoms with Crippen molar-refractivity contribution in [3.8, 4) is 5.69 Å². The number of aromatic nitrogens is 2. The number of thioether (sulfide) groups is 1. The lowest BCUT2D eigenvalue weighted by Crippen LogP contribution is -2.53. The summed E-state index contributed by atoms with van der Waals surface area (Å²) in [7, 11) is 1.74. The molecule has 0 spiro atoms. The molecule has 0 saturated carbocycles. The van der Waals surface area contributed by atoms with Crippen molar-refractivity contribution in [3.05, 3.63) is 82.0 Å². The minimum absolute atomic E-state index is 0.175. The van der Waals surface area contributed by atoms with Gasteiger partial charge in [0.1, 0.15) is 17.5 Å². The zero-order valence-corrected chi connectivity index (χ0v) is 18.5. The topological polar surface area (TPSA) is 85.1 Å². The number of halogens is 1. The third-order valence-corrected chi connectivity index (χ3v) is 6.86. The van der Waals surface area contributed by atoms with E-state index in [1.54, 1.807) is 49.0 Å². The summed E-state index contributed by atoms with van der Waals surface area (Å²) >= 11 is 1.31. The second-order valence-electron chi connectivity index (χ2n) is 7.60. The van der Waals surface area contributed by atoms with Crippen LogP contribution < -0.4 is 16.2 Å². The van der Waals surface area contributed by atoms with Gasteiger partial charge in [-0.2, -0.15) is 0 Å². The second kappa shape index (κ2) is 9.04. The van der Waals surface area contributed by atoms with Crippen LogP contribution >= 0.6 is 11.8 Å². The van der Waals surface area contributed by atoms with Crippen LogP contribution in [0.15, 0.2) is 59.4 Å². The first-order valence-corrected chi connectivity index (χ1v) is 11.2. The summed E-state index contributed by atoms with van der Waals surface area (Å²) in [4.78, 5) is 38.4. The summed E-state index contributed by atoms with van der Waals surface area (Å²) in [5, 5.41) is 4.92. The predicted molar refractivity (Wildman–Crippen MR) is 123 cm³/mol. The zero-order valence-electron chi connectivity index (χ0n) is 17.7. The first kappa shape index (κ1) is 21.9. The van der Waals surface area contributed by atoms with E-state index in [4.69, 9.17) is 0 Å². The number of nitrogens with zero attached hydrogens (tertiary/aromatic N) is 2. The Morgan fingerprint density at radius 1 is 1.16 bits per heavy atom. The summed E-state index contributed by atoms with van der Waals surface area (Å²) in [5.41, 5.74) is 1.57. The number of para-hydroxylation sites is 1. The van der Waals surface area contributed by atoms with Crippen LogP contribution in [0.1, 0.15) is 11.3 Å². The zero-order chi connectivity index (χ0) is 22.8. The molecule has 1 aliphatic rings. The summed E-state index contributed by atoms with van der Waals surface area (Å²) in [6.07, 6.45) is 0.247. The van der Waals surface area contributed by atoms with Gasteiger partial charge in [0.05, 0.1) is 16.6 Å². The Labute approximate surface area is 188 Å². The third-order valence-electron chi connectivity index (χ3n) is 5.56. The van der Waals surface area contributed by atoms with Crippen molar-refractivity contribution in [1.82, 2.24) is 14.7 Å². The number of benzene rings is 2. The van der Waals surface area contributed by atoms with E-state index in [9.17, 15) is 18.8 Å². The molecular formula is C23H23FN4O3S. The molecule has 166 valence electrons. The SMILES string of the molecule is Cc1c(NC(=O)[C@@H]2CS[C@@H](Cc3ccccc3F)C(=O)N2)c(=O)n(-c2ccccc2)n1C. The van der Waals surface area contributed by atoms with Gasteiger partial charge >= 0.3 is 0 Å². The normalized spacial score (nSPS) is 18.3. The smallest absolute Gasteiger partial charge is 0.295 e. The van der Waals surface area contributed by atoms with Crippen molar-refractivity contribution < 1.29 is 14.0 Å². The van der Waals surface area contributed by atoms with Gasteiger partial charge in [0.2, 0.25) is 11.8 Å². The Morgan fingerprint density at radius 3 is 2.53 bits per heavy atom. The Morgan fingerprint density at radius 2 is 1.84 bits per heavy atom. The fraction of sp³-hybridized carbons (Fsp3) is 0.261. The van der Waals surface area contributed by atoms with E-state index in [1.165, 1.54) is 22.5 Å². The van der Waals surface area contributed by atoms with Crippen LogP contribution in [0.25, 0.3) is 5.69 Å². The highest BCUT2D eigenvalue weighted by atomic mass is 32.2. The molecule has 32 heavy (non-hydrogen) atoms. The summed E-state index contributed by atoms with van der Waals surface area (Å²) in [6, 6.07) is 14.7. The molecule has 1 aromatic heterocycles. The van der Waals surface area contributed by atoms with Gasteiger partial charge in [0, 0.05) is 12.8 Å². The molecule has 1 aliphatic heterocycles. The number of hydrogen-bond donors (Lipinski definition) is 2. The second-order valence-corrected chi connectivity index (χ2v) is 8.84. The quantitative estimate of drug-likeness (QED) is 0.620. The molecule has 0 aliphatic carbocycles. The lowest BCUT2D eigenvalue weighted by Gasteiger charge is -2.28. The number of anilines is 1. The van der Waals surface area contributed by atoms with Crippen LogP contribution in [0.3, 0.4) is 0 Å². The van der Waals surface area contributed by atoms with Crippen molar-refractivity contribution in [3.63, 3.8) is 0 Å². The van der Waals surface area contributed by atoms with E-state index in [2.05, 4.69) is 10.6 Å². The first-order valence-electron chi connectivity index (χ1n) is 10.2. The largest absolute Gasteiger partial charge is 0.343 e. The van der Waals surface area contributed by atoms with Crippen LogP contribution in [0.5, 0.6) is 0 Å². The molecule has 0 radical (unpaired) electrons. The van der Waals surface area contributed by atoms with Gasteiger partial charge in [0.25, 0.3) is 5.56 Å². The van der Waals surface area contributed by atoms with Gasteiger partial charge in [-0.15, -0.1) is 11.8 Å². The Balaban J connectivity index is 1.46. The lowest BCUT2D eigenvalue weighted by atomic mass is 10.1. The van der Waals surface area contributed by atoms with Crippen LogP contribution in [0.2, 0.25) is 0 Å². The Hall–Kier alpha value is -3.33. The minimum Gasteiger partial charge on any atom is -0.343 e. The van der Waals surface area contributed by atoms with Gasteiger partial charge in [-0.3, -0.25) is 19.1 Å². The maximum Gasteiger partial charge on any atom is 0.295 e. The van der Waals surface area contributed by atoms with Crippen molar-refractivity contribution in [2.24, 2.45) is 7.05 Å². The van der Waals surface area contributed by atoms with E-state index in [-0.39, 0.29) is 29.4 Å². The molecule has 0 unspecified atom stereocenters. The number of rotatable bonds is 5. The molecule has 2 aromatic carbocycles. The number of carbonyl (C=O) groups is 2. The average Bonchev–Trinajstić information content (AvgIpc) is 3.00. The standard InChI is InChI=1S/C23H23FN4O3S/c1-14-20(23(31)28(27(14)2)16-9-4-3-5-10-16)26-21(29)18-13-32-19(22(30)25-18)12-15-8-6-7-11-17(15)24/h3-11,18-19H,12-13H2,1-2H3,(H,25,30)(H,26,29)/t18-,19-/m0/s1. The maximum atomic E-state index is 13.9. The van der Waals surface area contributed by atoms with Crippen LogP contribution in [0.4, 0.5) is 10.1 Å². The molecule has 3 aromatic rings. The van der Waals surface area contributed by atoms with Crippen molar-refractivity contribution in [1.29, 1.82) is 0 Å². The number of nitrogens with one attached hydrogen (secondary N) is 2. The maximum absolute atomic E-state index is 13.9. The first-order chi connectivity index (χ1) is 15.4. The summed E-state index contributed by atoms with van der Waals surface area (Å²) in [5.74, 6) is -0.803. The molecule has 1 fully saturated rings. The van der Waals surface area contributed by atoms with Crippen LogP contribution in [-0.2, 0) is 23.1 Å². The molecule has 0 bridgehead atoms. The average molecular weight is 455 g/mol. The highest BCUT2D eigenvalue weighted by Gasteiger charge is 2.33. The number of amides is 2. The van der Waals surface area contributed by atoms with Gasteiger partial charge < -0.3 is 10.6 Å². The highest BCUT2D eigenvalue weighted by Crippen LogP contribution is 2.24. The van der Waals surface area contributed by atoms with Crippen molar-refractivity contribution in [2.45, 2.75) is 24.6 Å². The highest BCUT2D eigenvalue weighted by molar-refractivity contribution is 8.00. The van der Waals surface area contributed by atoms with Gasteiger partial charge in [-0.1, -0.05) is 36.4 Å². The lowest BCUT2D eigenvalue weighted by molar-refractivity contribution is -0.126. The van der Waals surface area contributed by atoms with E-state index in [1.807, 2.05) is 18.2 Å². The Kier molecular flexibility index (Phi) is 6.18. The van der Waals surface area contributed by atoms with Crippen molar-refractivity contribution >= 4 is 29.3 Å². The van der Waals surface area contributed by atoms with Gasteiger partial charge in [0.15, 0.2) is 0 Å². The monoisotopic (exact) mass is 454 g/mol. The van der Waals surface area contributed by atoms with E-state index in [0.29, 0.717) is 22.7 Å². The van der Waals surface area contributed by atoms with E-state index >= 15 is 0 Å². The van der Waals surface area contributed by atoms with Gasteiger partial charge in [-0.25, -0.2) is 9.07 Å². The van der Waals surface area contributed by atoms with Gasteiger partial charge in [-0.05, 0) is 37.1 Å². The van der Waals surface area contributed by atoms with E-state index < -0.39 is 17.2 Å². The summed E-state index contributed by atoms with van der Waals surface area (Å²) in [6.45, 7) is 1.75. The van der Waals surface area contributed by atoms with Crippen LogP contribution in [-0.4, -0.2) is 38.2 Å².